The van der Waals surface area contributed by atoms with Crippen molar-refractivity contribution in [1.82, 2.24) is 15.0 Å². The Morgan fingerprint density at radius 2 is 1.94 bits per heavy atom. The molecule has 2 aromatic heterocycles. The lowest BCUT2D eigenvalue weighted by Crippen LogP contribution is -2.00. The van der Waals surface area contributed by atoms with Crippen molar-refractivity contribution in [2.24, 2.45) is 0 Å². The molecule has 0 aliphatic heterocycles. The van der Waals surface area contributed by atoms with Gasteiger partial charge in [0.1, 0.15) is 5.03 Å². The van der Waals surface area contributed by atoms with Crippen LogP contribution in [0.25, 0.3) is 0 Å². The quantitative estimate of drug-likeness (QED) is 0.869. The van der Waals surface area contributed by atoms with Crippen LogP contribution in [0.1, 0.15) is 10.5 Å². The zero-order chi connectivity index (χ0) is 11.4. The summed E-state index contributed by atoms with van der Waals surface area (Å²) in [4.78, 5) is 23.2. The predicted molar refractivity (Wildman–Crippen MR) is 57.4 cm³/mol. The molecular weight excluding hydrogens is 226 g/mol. The first-order valence-corrected chi connectivity index (χ1v) is 5.20. The zero-order valence-electron chi connectivity index (χ0n) is 8.07. The summed E-state index contributed by atoms with van der Waals surface area (Å²) in [5.74, 6) is -1.08. The maximum absolute atomic E-state index is 10.6. The molecule has 2 rings (SSSR count). The van der Waals surface area contributed by atoms with Crippen molar-refractivity contribution in [3.8, 4) is 0 Å². The third-order valence-corrected chi connectivity index (χ3v) is 2.65. The Morgan fingerprint density at radius 3 is 2.50 bits per heavy atom. The molecule has 16 heavy (non-hydrogen) atoms. The van der Waals surface area contributed by atoms with Gasteiger partial charge in [-0.1, -0.05) is 11.8 Å². The Bertz CT molecular complexity index is 487. The smallest absolute Gasteiger partial charge is 0.356 e. The van der Waals surface area contributed by atoms with Gasteiger partial charge in [0.15, 0.2) is 5.69 Å². The number of nitrogens with zero attached hydrogens (tertiary/aromatic N) is 3. The van der Waals surface area contributed by atoms with Gasteiger partial charge in [-0.3, -0.25) is 4.98 Å². The van der Waals surface area contributed by atoms with E-state index in [-0.39, 0.29) is 5.69 Å². The molecule has 0 saturated heterocycles. The van der Waals surface area contributed by atoms with E-state index in [2.05, 4.69) is 15.0 Å². The molecule has 0 bridgehead atoms. The minimum absolute atomic E-state index is 0.0564. The van der Waals surface area contributed by atoms with E-state index in [1.165, 1.54) is 24.2 Å². The number of pyridine rings is 1. The summed E-state index contributed by atoms with van der Waals surface area (Å²) in [5, 5.41) is 9.30. The van der Waals surface area contributed by atoms with Crippen LogP contribution in [0.5, 0.6) is 0 Å². The molecule has 0 amide bonds. The topological polar surface area (TPSA) is 76.0 Å². The monoisotopic (exact) mass is 233 g/mol. The molecule has 1 N–H and O–H groups in total. The van der Waals surface area contributed by atoms with Gasteiger partial charge in [0, 0.05) is 17.3 Å². The van der Waals surface area contributed by atoms with Crippen LogP contribution in [0.3, 0.4) is 0 Å². The van der Waals surface area contributed by atoms with Gasteiger partial charge in [-0.05, 0) is 12.1 Å². The fourth-order valence-electron chi connectivity index (χ4n) is 1.01. The van der Waals surface area contributed by atoms with Crippen molar-refractivity contribution in [2.45, 2.75) is 9.92 Å². The van der Waals surface area contributed by atoms with Crippen LogP contribution in [0.4, 0.5) is 0 Å². The zero-order valence-corrected chi connectivity index (χ0v) is 8.89. The average molecular weight is 233 g/mol. The molecule has 80 valence electrons. The van der Waals surface area contributed by atoms with E-state index in [0.717, 1.165) is 4.90 Å². The third kappa shape index (κ3) is 2.54. The van der Waals surface area contributed by atoms with Crippen molar-refractivity contribution in [3.63, 3.8) is 0 Å². The molecule has 6 heteroatoms. The molecule has 0 aliphatic carbocycles. The maximum atomic E-state index is 10.6. The molecule has 0 atom stereocenters. The lowest BCUT2D eigenvalue weighted by atomic mass is 10.5. The first-order chi connectivity index (χ1) is 7.75. The first kappa shape index (κ1) is 10.6. The number of carboxylic acid groups (broad SMARTS) is 1. The summed E-state index contributed by atoms with van der Waals surface area (Å²) in [6.07, 6.45) is 6.04. The summed E-state index contributed by atoms with van der Waals surface area (Å²) in [6, 6.07) is 3.69. The standard InChI is InChI=1S/C10H7N3O2S/c14-10(15)8-5-13-9(6-12-8)16-7-1-3-11-4-2-7/h1-6H,(H,14,15). The van der Waals surface area contributed by atoms with E-state index in [4.69, 9.17) is 5.11 Å². The first-order valence-electron chi connectivity index (χ1n) is 4.39. The minimum Gasteiger partial charge on any atom is -0.476 e. The van der Waals surface area contributed by atoms with Crippen LogP contribution in [0, 0.1) is 0 Å². The van der Waals surface area contributed by atoms with E-state index in [1.807, 2.05) is 12.1 Å². The van der Waals surface area contributed by atoms with Crippen molar-refractivity contribution in [2.75, 3.05) is 0 Å². The largest absolute Gasteiger partial charge is 0.476 e. The Labute approximate surface area is 95.6 Å². The van der Waals surface area contributed by atoms with Gasteiger partial charge in [0.05, 0.1) is 12.4 Å². The highest BCUT2D eigenvalue weighted by Crippen LogP contribution is 2.23. The summed E-state index contributed by atoms with van der Waals surface area (Å²) in [5.41, 5.74) is -0.0564. The van der Waals surface area contributed by atoms with Gasteiger partial charge in [0.25, 0.3) is 0 Å². The molecule has 0 spiro atoms. The average Bonchev–Trinajstić information content (AvgIpc) is 2.31. The molecule has 0 unspecified atom stereocenters. The second-order valence-corrected chi connectivity index (χ2v) is 3.92. The van der Waals surface area contributed by atoms with Crippen LogP contribution < -0.4 is 0 Å². The van der Waals surface area contributed by atoms with Crippen molar-refractivity contribution in [3.05, 3.63) is 42.6 Å². The number of aromatic carboxylic acids is 1. The number of rotatable bonds is 3. The second-order valence-electron chi connectivity index (χ2n) is 2.83. The van der Waals surface area contributed by atoms with Gasteiger partial charge in [-0.15, -0.1) is 0 Å². The highest BCUT2D eigenvalue weighted by molar-refractivity contribution is 7.99. The molecule has 0 radical (unpaired) electrons. The van der Waals surface area contributed by atoms with Crippen LogP contribution in [-0.2, 0) is 0 Å². The van der Waals surface area contributed by atoms with Gasteiger partial charge >= 0.3 is 5.97 Å². The molecule has 5 nitrogen and oxygen atoms in total. The van der Waals surface area contributed by atoms with Crippen molar-refractivity contribution < 1.29 is 9.90 Å². The van der Waals surface area contributed by atoms with Crippen LogP contribution in [-0.4, -0.2) is 26.0 Å². The van der Waals surface area contributed by atoms with Crippen LogP contribution >= 0.6 is 11.8 Å². The summed E-state index contributed by atoms with van der Waals surface area (Å²) in [6.45, 7) is 0. The highest BCUT2D eigenvalue weighted by Gasteiger charge is 2.05. The van der Waals surface area contributed by atoms with Gasteiger partial charge < -0.3 is 5.11 Å². The highest BCUT2D eigenvalue weighted by atomic mass is 32.2. The lowest BCUT2D eigenvalue weighted by molar-refractivity contribution is 0.0689. The molecule has 2 aromatic rings. The van der Waals surface area contributed by atoms with E-state index in [1.54, 1.807) is 12.4 Å². The lowest BCUT2D eigenvalue weighted by Gasteiger charge is -1.99. The molecule has 0 saturated carbocycles. The van der Waals surface area contributed by atoms with Gasteiger partial charge in [0.2, 0.25) is 0 Å². The Hall–Kier alpha value is -1.95. The van der Waals surface area contributed by atoms with E-state index in [9.17, 15) is 4.79 Å². The molecule has 0 aromatic carbocycles. The Kier molecular flexibility index (Phi) is 3.11. The second kappa shape index (κ2) is 4.71. The number of carbonyl (C=O) groups is 1. The number of aromatic nitrogens is 3. The van der Waals surface area contributed by atoms with Crippen molar-refractivity contribution >= 4 is 17.7 Å². The molecule has 0 fully saturated rings. The minimum atomic E-state index is -1.08. The van der Waals surface area contributed by atoms with Crippen LogP contribution in [0.2, 0.25) is 0 Å². The Morgan fingerprint density at radius 1 is 1.19 bits per heavy atom. The SMILES string of the molecule is O=C(O)c1cnc(Sc2ccncc2)cn1. The number of hydrogen-bond acceptors (Lipinski definition) is 5. The van der Waals surface area contributed by atoms with Crippen LogP contribution in [0.15, 0.2) is 46.8 Å². The van der Waals surface area contributed by atoms with Crippen molar-refractivity contribution in [1.29, 1.82) is 0 Å². The number of carboxylic acids is 1. The molecule has 0 aliphatic rings. The third-order valence-electron chi connectivity index (χ3n) is 1.72. The fourth-order valence-corrected chi connectivity index (χ4v) is 1.72. The maximum Gasteiger partial charge on any atom is 0.356 e. The normalized spacial score (nSPS) is 10.0. The summed E-state index contributed by atoms with van der Waals surface area (Å²) >= 11 is 1.40. The summed E-state index contributed by atoms with van der Waals surface area (Å²) in [7, 11) is 0. The van der Waals surface area contributed by atoms with Gasteiger partial charge in [-0.25, -0.2) is 14.8 Å². The molecular formula is C10H7N3O2S. The van der Waals surface area contributed by atoms with E-state index < -0.39 is 5.97 Å². The number of hydrogen-bond donors (Lipinski definition) is 1. The Balaban J connectivity index is 2.14. The predicted octanol–water partition coefficient (Wildman–Crippen LogP) is 1.72. The fraction of sp³-hybridized carbons (Fsp3) is 0. The van der Waals surface area contributed by atoms with E-state index >= 15 is 0 Å². The summed E-state index contributed by atoms with van der Waals surface area (Å²) < 4.78 is 0. The molecule has 2 heterocycles. The van der Waals surface area contributed by atoms with E-state index in [0.29, 0.717) is 5.03 Å². The van der Waals surface area contributed by atoms with Gasteiger partial charge in [-0.2, -0.15) is 0 Å².